The fourth-order valence-electron chi connectivity index (χ4n) is 4.54. The van der Waals surface area contributed by atoms with Crippen molar-refractivity contribution in [2.75, 3.05) is 13.7 Å². The Kier molecular flexibility index (Phi) is 6.10. The standard InChI is InChI=1S/C24H25F3N6O2/c1-13-11-32(12-28-13)20-7-6-19(29-23(20)34-3)18-5-4-8-33-14(2)22(35-31-24(33)30-18)15-9-16(25)21(27)17(26)10-15/h6-7,9-12,14,18,22H,4-5,8H2,1-3H3,(H,30,31). The number of benzene rings is 1. The van der Waals surface area contributed by atoms with Crippen LogP contribution in [0, 0.1) is 24.4 Å². The Hall–Kier alpha value is -3.60. The molecule has 1 fully saturated rings. The Labute approximate surface area is 200 Å². The molecule has 2 aliphatic rings. The van der Waals surface area contributed by atoms with Crippen molar-refractivity contribution in [3.63, 3.8) is 0 Å². The van der Waals surface area contributed by atoms with Crippen LogP contribution in [0.25, 0.3) is 5.69 Å². The van der Waals surface area contributed by atoms with Crippen LogP contribution in [0.4, 0.5) is 13.2 Å². The van der Waals surface area contributed by atoms with E-state index in [1.807, 2.05) is 41.6 Å². The first-order valence-corrected chi connectivity index (χ1v) is 11.3. The molecule has 3 unspecified atom stereocenters. The van der Waals surface area contributed by atoms with Gasteiger partial charge in [-0.1, -0.05) is 0 Å². The largest absolute Gasteiger partial charge is 0.479 e. The Balaban J connectivity index is 1.41. The van der Waals surface area contributed by atoms with Gasteiger partial charge < -0.3 is 14.2 Å². The van der Waals surface area contributed by atoms with Crippen molar-refractivity contribution in [3.05, 3.63) is 71.2 Å². The Morgan fingerprint density at radius 1 is 1.17 bits per heavy atom. The topological polar surface area (TPSA) is 76.8 Å². The van der Waals surface area contributed by atoms with Gasteiger partial charge in [-0.3, -0.25) is 4.84 Å². The van der Waals surface area contributed by atoms with E-state index in [1.165, 1.54) is 0 Å². The highest BCUT2D eigenvalue weighted by Gasteiger charge is 2.36. The minimum absolute atomic E-state index is 0.206. The zero-order chi connectivity index (χ0) is 24.7. The highest BCUT2D eigenvalue weighted by Crippen LogP contribution is 2.34. The number of halogens is 3. The number of nitrogens with one attached hydrogen (secondary N) is 1. The number of methoxy groups -OCH3 is 1. The summed E-state index contributed by atoms with van der Waals surface area (Å²) in [5, 5.41) is 0. The second kappa shape index (κ2) is 9.21. The lowest BCUT2D eigenvalue weighted by molar-refractivity contribution is -0.0643. The third kappa shape index (κ3) is 4.31. The normalized spacial score (nSPS) is 22.2. The van der Waals surface area contributed by atoms with E-state index in [2.05, 4.69) is 10.5 Å². The monoisotopic (exact) mass is 486 g/mol. The summed E-state index contributed by atoms with van der Waals surface area (Å²) in [6, 6.07) is 5.21. The van der Waals surface area contributed by atoms with E-state index < -0.39 is 23.6 Å². The molecule has 184 valence electrons. The number of guanidine groups is 1. The van der Waals surface area contributed by atoms with Gasteiger partial charge in [-0.25, -0.2) is 33.6 Å². The van der Waals surface area contributed by atoms with Crippen LogP contribution in [0.2, 0.25) is 0 Å². The highest BCUT2D eigenvalue weighted by atomic mass is 19.2. The summed E-state index contributed by atoms with van der Waals surface area (Å²) in [6.07, 6.45) is 4.42. The van der Waals surface area contributed by atoms with Crippen LogP contribution >= 0.6 is 0 Å². The molecule has 1 N–H and O–H groups in total. The van der Waals surface area contributed by atoms with Gasteiger partial charge in [0.2, 0.25) is 11.8 Å². The molecule has 0 bridgehead atoms. The van der Waals surface area contributed by atoms with Gasteiger partial charge in [0.25, 0.3) is 0 Å². The number of pyridine rings is 1. The smallest absolute Gasteiger partial charge is 0.238 e. The predicted octanol–water partition coefficient (Wildman–Crippen LogP) is 4.16. The van der Waals surface area contributed by atoms with E-state index in [0.29, 0.717) is 18.4 Å². The lowest BCUT2D eigenvalue weighted by Gasteiger charge is -2.41. The van der Waals surface area contributed by atoms with E-state index in [4.69, 9.17) is 19.6 Å². The van der Waals surface area contributed by atoms with E-state index in [9.17, 15) is 13.2 Å². The molecule has 3 aromatic rings. The van der Waals surface area contributed by atoms with Crippen LogP contribution in [0.1, 0.15) is 48.9 Å². The van der Waals surface area contributed by atoms with Crippen molar-refractivity contribution < 1.29 is 22.7 Å². The minimum atomic E-state index is -1.50. The van der Waals surface area contributed by atoms with Crippen molar-refractivity contribution in [1.29, 1.82) is 0 Å². The summed E-state index contributed by atoms with van der Waals surface area (Å²) in [5.74, 6) is -3.03. The average Bonchev–Trinajstić information content (AvgIpc) is 3.15. The van der Waals surface area contributed by atoms with E-state index in [0.717, 1.165) is 42.0 Å². The van der Waals surface area contributed by atoms with Crippen molar-refractivity contribution in [3.8, 4) is 11.6 Å². The fourth-order valence-corrected chi connectivity index (χ4v) is 4.54. The van der Waals surface area contributed by atoms with Crippen LogP contribution in [0.15, 0.2) is 41.8 Å². The van der Waals surface area contributed by atoms with E-state index >= 15 is 0 Å². The first kappa shape index (κ1) is 23.2. The lowest BCUT2D eigenvalue weighted by atomic mass is 10.0. The molecule has 3 atom stereocenters. The quantitative estimate of drug-likeness (QED) is 0.559. The number of aryl methyl sites for hydroxylation is 1. The Morgan fingerprint density at radius 2 is 1.94 bits per heavy atom. The van der Waals surface area contributed by atoms with Crippen LogP contribution in [-0.4, -0.2) is 45.1 Å². The van der Waals surface area contributed by atoms with Crippen LogP contribution in [0.5, 0.6) is 5.88 Å². The zero-order valence-electron chi connectivity index (χ0n) is 19.5. The number of ether oxygens (including phenoxy) is 1. The third-order valence-electron chi connectivity index (χ3n) is 6.35. The van der Waals surface area contributed by atoms with Gasteiger partial charge in [0.05, 0.1) is 36.9 Å². The number of hydrogen-bond acceptors (Lipinski definition) is 7. The molecule has 35 heavy (non-hydrogen) atoms. The molecule has 1 saturated heterocycles. The number of aromatic nitrogens is 3. The second-order valence-corrected chi connectivity index (χ2v) is 8.67. The van der Waals surface area contributed by atoms with Crippen molar-refractivity contribution in [1.82, 2.24) is 24.9 Å². The van der Waals surface area contributed by atoms with Crippen LogP contribution < -0.4 is 10.2 Å². The first-order valence-electron chi connectivity index (χ1n) is 11.3. The van der Waals surface area contributed by atoms with Gasteiger partial charge in [-0.15, -0.1) is 0 Å². The molecule has 0 spiro atoms. The van der Waals surface area contributed by atoms with Crippen molar-refractivity contribution in [2.45, 2.75) is 44.9 Å². The molecule has 0 saturated carbocycles. The number of rotatable bonds is 4. The maximum absolute atomic E-state index is 13.8. The maximum Gasteiger partial charge on any atom is 0.238 e. The van der Waals surface area contributed by atoms with Gasteiger partial charge in [0, 0.05) is 12.7 Å². The molecule has 0 amide bonds. The molecule has 2 aromatic heterocycles. The second-order valence-electron chi connectivity index (χ2n) is 8.67. The number of hydrogen-bond donors (Lipinski definition) is 1. The van der Waals surface area contributed by atoms with Gasteiger partial charge in [0.15, 0.2) is 17.5 Å². The number of imidazole rings is 1. The van der Waals surface area contributed by atoms with Gasteiger partial charge in [-0.05, 0) is 56.5 Å². The van der Waals surface area contributed by atoms with Crippen molar-refractivity contribution in [2.24, 2.45) is 4.99 Å². The fraction of sp³-hybridized carbons (Fsp3) is 0.375. The van der Waals surface area contributed by atoms with Crippen LogP contribution in [-0.2, 0) is 4.84 Å². The maximum atomic E-state index is 13.8. The number of fused-ring (bicyclic) bond motifs is 1. The highest BCUT2D eigenvalue weighted by molar-refractivity contribution is 5.80. The van der Waals surface area contributed by atoms with E-state index in [1.54, 1.807) is 13.4 Å². The molecule has 4 heterocycles. The third-order valence-corrected chi connectivity index (χ3v) is 6.35. The SMILES string of the molecule is COc1nc(C2CCCN3C(=N2)NOC(c2cc(F)c(F)c(F)c2)C3C)ccc1-n1cnc(C)c1. The molecule has 8 nitrogen and oxygen atoms in total. The summed E-state index contributed by atoms with van der Waals surface area (Å²) < 4.78 is 48.4. The summed E-state index contributed by atoms with van der Waals surface area (Å²) in [4.78, 5) is 21.5. The molecular weight excluding hydrogens is 461 g/mol. The van der Waals surface area contributed by atoms with Gasteiger partial charge in [0.1, 0.15) is 11.8 Å². The first-order chi connectivity index (χ1) is 16.9. The summed E-state index contributed by atoms with van der Waals surface area (Å²) in [7, 11) is 1.57. The molecule has 0 radical (unpaired) electrons. The van der Waals surface area contributed by atoms with Crippen molar-refractivity contribution >= 4 is 5.96 Å². The van der Waals surface area contributed by atoms with E-state index in [-0.39, 0.29) is 17.6 Å². The number of aliphatic imine (C=N–C) groups is 1. The molecule has 11 heteroatoms. The Bertz CT molecular complexity index is 1260. The lowest BCUT2D eigenvalue weighted by Crippen LogP contribution is -2.54. The molecule has 2 aliphatic heterocycles. The zero-order valence-corrected chi connectivity index (χ0v) is 19.5. The summed E-state index contributed by atoms with van der Waals surface area (Å²) in [6.45, 7) is 4.44. The molecule has 5 rings (SSSR count). The predicted molar refractivity (Wildman–Crippen MR) is 122 cm³/mol. The average molecular weight is 486 g/mol. The summed E-state index contributed by atoms with van der Waals surface area (Å²) >= 11 is 0. The molecular formula is C24H25F3N6O2. The molecule has 0 aliphatic carbocycles. The van der Waals surface area contributed by atoms with Crippen LogP contribution in [0.3, 0.4) is 0 Å². The Morgan fingerprint density at radius 3 is 2.63 bits per heavy atom. The minimum Gasteiger partial charge on any atom is -0.479 e. The van der Waals surface area contributed by atoms with Gasteiger partial charge in [-0.2, -0.15) is 0 Å². The summed E-state index contributed by atoms with van der Waals surface area (Å²) in [5.41, 5.74) is 5.44. The van der Waals surface area contributed by atoms with Gasteiger partial charge >= 0.3 is 0 Å². The number of hydroxylamine groups is 1. The number of nitrogens with zero attached hydrogens (tertiary/aromatic N) is 5. The molecule has 1 aromatic carbocycles.